The van der Waals surface area contributed by atoms with Gasteiger partial charge in [0.2, 0.25) is 10.7 Å². The van der Waals surface area contributed by atoms with Gasteiger partial charge in [0.05, 0.1) is 5.69 Å². The van der Waals surface area contributed by atoms with Crippen molar-refractivity contribution >= 4 is 23.9 Å². The SMILES string of the molecule is S=c1[nH]nc(N2CCc3ccccc32)n1-c1ccccc1. The van der Waals surface area contributed by atoms with Crippen molar-refractivity contribution in [3.05, 3.63) is 64.9 Å². The molecule has 5 heteroatoms. The topological polar surface area (TPSA) is 36.9 Å². The first-order valence-electron chi connectivity index (χ1n) is 6.93. The van der Waals surface area contributed by atoms with Gasteiger partial charge in [-0.15, -0.1) is 5.10 Å². The quantitative estimate of drug-likeness (QED) is 0.733. The predicted molar refractivity (Wildman–Crippen MR) is 85.9 cm³/mol. The van der Waals surface area contributed by atoms with E-state index in [0.29, 0.717) is 4.77 Å². The first kappa shape index (κ1) is 12.3. The molecule has 104 valence electrons. The maximum absolute atomic E-state index is 5.41. The van der Waals surface area contributed by atoms with Crippen molar-refractivity contribution in [3.8, 4) is 5.69 Å². The van der Waals surface area contributed by atoms with Crippen LogP contribution in [0, 0.1) is 4.77 Å². The minimum Gasteiger partial charge on any atom is -0.310 e. The Balaban J connectivity index is 1.87. The maximum Gasteiger partial charge on any atom is 0.234 e. The van der Waals surface area contributed by atoms with E-state index in [1.807, 2.05) is 34.9 Å². The van der Waals surface area contributed by atoms with E-state index in [4.69, 9.17) is 12.2 Å². The van der Waals surface area contributed by atoms with Gasteiger partial charge >= 0.3 is 0 Å². The van der Waals surface area contributed by atoms with Crippen molar-refractivity contribution in [1.82, 2.24) is 14.8 Å². The van der Waals surface area contributed by atoms with E-state index >= 15 is 0 Å². The molecule has 1 aliphatic rings. The highest BCUT2D eigenvalue weighted by atomic mass is 32.1. The van der Waals surface area contributed by atoms with Crippen LogP contribution in [0.3, 0.4) is 0 Å². The number of nitrogens with zero attached hydrogens (tertiary/aromatic N) is 3. The first-order chi connectivity index (χ1) is 10.3. The summed E-state index contributed by atoms with van der Waals surface area (Å²) in [4.78, 5) is 2.22. The molecular formula is C16H14N4S. The lowest BCUT2D eigenvalue weighted by Gasteiger charge is -2.19. The lowest BCUT2D eigenvalue weighted by molar-refractivity contribution is 0.909. The van der Waals surface area contributed by atoms with Gasteiger partial charge in [0, 0.05) is 12.2 Å². The lowest BCUT2D eigenvalue weighted by Crippen LogP contribution is -2.18. The second-order valence-corrected chi connectivity index (χ2v) is 5.42. The number of aromatic amines is 1. The highest BCUT2D eigenvalue weighted by Gasteiger charge is 2.24. The van der Waals surface area contributed by atoms with Gasteiger partial charge in [-0.1, -0.05) is 36.4 Å². The Morgan fingerprint density at radius 3 is 2.62 bits per heavy atom. The van der Waals surface area contributed by atoms with Gasteiger partial charge in [0.25, 0.3) is 0 Å². The highest BCUT2D eigenvalue weighted by Crippen LogP contribution is 2.34. The standard InChI is InChI=1S/C16H14N4S/c21-16-18-17-15(20(16)13-7-2-1-3-8-13)19-11-10-12-6-4-5-9-14(12)19/h1-9H,10-11H2,(H,18,21). The normalized spacial score (nSPS) is 13.4. The fourth-order valence-corrected chi connectivity index (χ4v) is 3.06. The average Bonchev–Trinajstić information content (AvgIpc) is 3.11. The summed E-state index contributed by atoms with van der Waals surface area (Å²) in [5, 5.41) is 7.36. The molecule has 21 heavy (non-hydrogen) atoms. The van der Waals surface area contributed by atoms with E-state index in [9.17, 15) is 0 Å². The molecule has 0 unspecified atom stereocenters. The molecule has 0 spiro atoms. The van der Waals surface area contributed by atoms with Crippen molar-refractivity contribution in [2.24, 2.45) is 0 Å². The summed E-state index contributed by atoms with van der Waals surface area (Å²) in [6.07, 6.45) is 1.03. The number of para-hydroxylation sites is 2. The number of hydrogen-bond donors (Lipinski definition) is 1. The molecule has 0 bridgehead atoms. The number of nitrogens with one attached hydrogen (secondary N) is 1. The molecule has 1 aromatic heterocycles. The molecule has 4 rings (SSSR count). The molecule has 0 aliphatic carbocycles. The zero-order valence-corrected chi connectivity index (χ0v) is 12.2. The molecule has 2 aromatic carbocycles. The summed E-state index contributed by atoms with van der Waals surface area (Å²) >= 11 is 5.41. The van der Waals surface area contributed by atoms with Gasteiger partial charge in [-0.25, -0.2) is 5.10 Å². The second kappa shape index (κ2) is 4.86. The third-order valence-corrected chi connectivity index (χ3v) is 4.07. The second-order valence-electron chi connectivity index (χ2n) is 5.03. The molecule has 1 N–H and O–H groups in total. The molecule has 0 atom stereocenters. The largest absolute Gasteiger partial charge is 0.310 e. The van der Waals surface area contributed by atoms with Gasteiger partial charge in [-0.2, -0.15) is 0 Å². The first-order valence-corrected chi connectivity index (χ1v) is 7.34. The van der Waals surface area contributed by atoms with Gasteiger partial charge < -0.3 is 4.90 Å². The van der Waals surface area contributed by atoms with Crippen molar-refractivity contribution in [2.45, 2.75) is 6.42 Å². The maximum atomic E-state index is 5.41. The Kier molecular flexibility index (Phi) is 2.86. The highest BCUT2D eigenvalue weighted by molar-refractivity contribution is 7.71. The fourth-order valence-electron chi connectivity index (χ4n) is 2.83. The zero-order chi connectivity index (χ0) is 14.2. The molecule has 1 aliphatic heterocycles. The van der Waals surface area contributed by atoms with Crippen LogP contribution in [-0.2, 0) is 6.42 Å². The molecule has 0 saturated heterocycles. The number of anilines is 2. The van der Waals surface area contributed by atoms with Gasteiger partial charge in [0.1, 0.15) is 0 Å². The third-order valence-electron chi connectivity index (χ3n) is 3.80. The summed E-state index contributed by atoms with van der Waals surface area (Å²) in [6.45, 7) is 0.922. The smallest absolute Gasteiger partial charge is 0.234 e. The molecule has 0 saturated carbocycles. The summed E-state index contributed by atoms with van der Waals surface area (Å²) in [6, 6.07) is 18.5. The number of fused-ring (bicyclic) bond motifs is 1. The number of aromatic nitrogens is 3. The van der Waals surface area contributed by atoms with Crippen molar-refractivity contribution < 1.29 is 0 Å². The Morgan fingerprint density at radius 2 is 1.76 bits per heavy atom. The molecule has 0 amide bonds. The fraction of sp³-hybridized carbons (Fsp3) is 0.125. The summed E-state index contributed by atoms with van der Waals surface area (Å²) in [5.41, 5.74) is 3.59. The zero-order valence-electron chi connectivity index (χ0n) is 11.4. The van der Waals surface area contributed by atoms with Crippen LogP contribution in [0.2, 0.25) is 0 Å². The minimum atomic E-state index is 0.612. The number of benzene rings is 2. The van der Waals surface area contributed by atoms with Crippen LogP contribution >= 0.6 is 12.2 Å². The number of rotatable bonds is 2. The Labute approximate surface area is 127 Å². The van der Waals surface area contributed by atoms with Crippen LogP contribution in [0.4, 0.5) is 11.6 Å². The molecular weight excluding hydrogens is 280 g/mol. The molecule has 4 nitrogen and oxygen atoms in total. The minimum absolute atomic E-state index is 0.612. The van der Waals surface area contributed by atoms with Crippen LogP contribution in [0.1, 0.15) is 5.56 Å². The van der Waals surface area contributed by atoms with Crippen molar-refractivity contribution in [3.63, 3.8) is 0 Å². The Hall–Kier alpha value is -2.40. The van der Waals surface area contributed by atoms with Crippen LogP contribution < -0.4 is 4.90 Å². The van der Waals surface area contributed by atoms with E-state index < -0.39 is 0 Å². The summed E-state index contributed by atoms with van der Waals surface area (Å²) < 4.78 is 2.60. The molecule has 2 heterocycles. The van der Waals surface area contributed by atoms with E-state index in [0.717, 1.165) is 24.6 Å². The van der Waals surface area contributed by atoms with E-state index in [1.165, 1.54) is 11.3 Å². The van der Waals surface area contributed by atoms with Crippen LogP contribution in [0.25, 0.3) is 5.69 Å². The van der Waals surface area contributed by atoms with Crippen LogP contribution in [-0.4, -0.2) is 21.3 Å². The number of hydrogen-bond acceptors (Lipinski definition) is 3. The monoisotopic (exact) mass is 294 g/mol. The predicted octanol–water partition coefficient (Wildman–Crippen LogP) is 3.62. The van der Waals surface area contributed by atoms with E-state index in [2.05, 4.69) is 39.4 Å². The average molecular weight is 294 g/mol. The van der Waals surface area contributed by atoms with Gasteiger partial charge in [0.15, 0.2) is 0 Å². The van der Waals surface area contributed by atoms with Gasteiger partial charge in [-0.3, -0.25) is 4.57 Å². The molecule has 0 radical (unpaired) electrons. The van der Waals surface area contributed by atoms with Gasteiger partial charge in [-0.05, 0) is 42.4 Å². The lowest BCUT2D eigenvalue weighted by atomic mass is 10.2. The van der Waals surface area contributed by atoms with Crippen LogP contribution in [0.5, 0.6) is 0 Å². The molecule has 3 aromatic rings. The van der Waals surface area contributed by atoms with E-state index in [1.54, 1.807) is 0 Å². The summed E-state index contributed by atoms with van der Waals surface area (Å²) in [5.74, 6) is 0.844. The molecule has 0 fully saturated rings. The van der Waals surface area contributed by atoms with Crippen molar-refractivity contribution in [2.75, 3.05) is 11.4 Å². The third kappa shape index (κ3) is 1.97. The number of H-pyrrole nitrogens is 1. The Morgan fingerprint density at radius 1 is 1.00 bits per heavy atom. The van der Waals surface area contributed by atoms with E-state index in [-0.39, 0.29) is 0 Å². The van der Waals surface area contributed by atoms with Crippen molar-refractivity contribution in [1.29, 1.82) is 0 Å². The Bertz CT molecular complexity index is 835. The summed E-state index contributed by atoms with van der Waals surface area (Å²) in [7, 11) is 0. The van der Waals surface area contributed by atoms with Crippen LogP contribution in [0.15, 0.2) is 54.6 Å².